The Morgan fingerprint density at radius 3 is 2.57 bits per heavy atom. The molecule has 2 N–H and O–H groups in total. The Morgan fingerprint density at radius 1 is 1.09 bits per heavy atom. The number of rotatable bonds is 7. The third kappa shape index (κ3) is 4.68. The molecule has 0 bridgehead atoms. The molecule has 0 fully saturated rings. The summed E-state index contributed by atoms with van der Waals surface area (Å²) in [4.78, 5) is 12.0. The van der Waals surface area contributed by atoms with Crippen molar-refractivity contribution in [3.05, 3.63) is 48.0 Å². The molecule has 2 rings (SSSR count). The fraction of sp³-hybridized carbons (Fsp3) is 0.389. The SMILES string of the molecule is COCC(C)(CNC(=O)NCc1cccc2ccccc12)OC. The molecule has 0 aliphatic carbocycles. The zero-order valence-electron chi connectivity index (χ0n) is 13.9. The Kier molecular flexibility index (Phi) is 5.96. The Hall–Kier alpha value is -2.11. The van der Waals surface area contributed by atoms with Crippen molar-refractivity contribution in [1.82, 2.24) is 10.6 Å². The number of hydrogen-bond acceptors (Lipinski definition) is 3. The van der Waals surface area contributed by atoms with Crippen molar-refractivity contribution >= 4 is 16.8 Å². The van der Waals surface area contributed by atoms with Gasteiger partial charge in [-0.1, -0.05) is 42.5 Å². The van der Waals surface area contributed by atoms with Crippen LogP contribution in [0.1, 0.15) is 12.5 Å². The summed E-state index contributed by atoms with van der Waals surface area (Å²) >= 11 is 0. The lowest BCUT2D eigenvalue weighted by molar-refractivity contribution is -0.0474. The summed E-state index contributed by atoms with van der Waals surface area (Å²) in [5.74, 6) is 0. The van der Waals surface area contributed by atoms with Crippen LogP contribution in [-0.4, -0.2) is 39.0 Å². The van der Waals surface area contributed by atoms with Crippen LogP contribution in [0.15, 0.2) is 42.5 Å². The molecule has 2 amide bonds. The van der Waals surface area contributed by atoms with E-state index >= 15 is 0 Å². The maximum Gasteiger partial charge on any atom is 0.315 e. The molecule has 0 radical (unpaired) electrons. The average molecular weight is 316 g/mol. The molecule has 5 heteroatoms. The second-order valence-electron chi connectivity index (χ2n) is 5.76. The first-order chi connectivity index (χ1) is 11.1. The maximum absolute atomic E-state index is 12.0. The second-order valence-corrected chi connectivity index (χ2v) is 5.76. The van der Waals surface area contributed by atoms with Gasteiger partial charge in [0.05, 0.1) is 13.2 Å². The van der Waals surface area contributed by atoms with Gasteiger partial charge in [0.1, 0.15) is 5.60 Å². The van der Waals surface area contributed by atoms with Crippen LogP contribution in [0.25, 0.3) is 10.8 Å². The monoisotopic (exact) mass is 316 g/mol. The maximum atomic E-state index is 12.0. The lowest BCUT2D eigenvalue weighted by Crippen LogP contribution is -2.48. The number of amides is 2. The van der Waals surface area contributed by atoms with Gasteiger partial charge in [0.2, 0.25) is 0 Å². The van der Waals surface area contributed by atoms with Crippen molar-refractivity contribution in [3.63, 3.8) is 0 Å². The Balaban J connectivity index is 1.91. The minimum Gasteiger partial charge on any atom is -0.382 e. The van der Waals surface area contributed by atoms with Crippen LogP contribution in [-0.2, 0) is 16.0 Å². The van der Waals surface area contributed by atoms with E-state index in [4.69, 9.17) is 9.47 Å². The predicted octanol–water partition coefficient (Wildman–Crippen LogP) is 2.69. The van der Waals surface area contributed by atoms with E-state index in [0.717, 1.165) is 10.9 Å². The summed E-state index contributed by atoms with van der Waals surface area (Å²) in [5.41, 5.74) is 0.551. The summed E-state index contributed by atoms with van der Waals surface area (Å²) in [6.07, 6.45) is 0. The third-order valence-corrected chi connectivity index (χ3v) is 3.88. The third-order valence-electron chi connectivity index (χ3n) is 3.88. The van der Waals surface area contributed by atoms with Gasteiger partial charge in [-0.2, -0.15) is 0 Å². The van der Waals surface area contributed by atoms with Crippen LogP contribution in [0.4, 0.5) is 4.79 Å². The highest BCUT2D eigenvalue weighted by molar-refractivity contribution is 5.86. The van der Waals surface area contributed by atoms with Crippen molar-refractivity contribution in [2.45, 2.75) is 19.1 Å². The van der Waals surface area contributed by atoms with Gasteiger partial charge in [0, 0.05) is 20.8 Å². The van der Waals surface area contributed by atoms with Crippen molar-refractivity contribution in [1.29, 1.82) is 0 Å². The van der Waals surface area contributed by atoms with Crippen molar-refractivity contribution in [2.75, 3.05) is 27.4 Å². The fourth-order valence-corrected chi connectivity index (χ4v) is 2.44. The molecule has 1 atom stereocenters. The number of urea groups is 1. The molecule has 2 aromatic carbocycles. The Bertz CT molecular complexity index is 654. The molecule has 0 spiro atoms. The summed E-state index contributed by atoms with van der Waals surface area (Å²) in [7, 11) is 3.21. The fourth-order valence-electron chi connectivity index (χ4n) is 2.44. The summed E-state index contributed by atoms with van der Waals surface area (Å²) < 4.78 is 10.5. The summed E-state index contributed by atoms with van der Waals surface area (Å²) in [6.45, 7) is 3.15. The van der Waals surface area contributed by atoms with Gasteiger partial charge in [-0.05, 0) is 23.3 Å². The van der Waals surface area contributed by atoms with Crippen molar-refractivity contribution < 1.29 is 14.3 Å². The van der Waals surface area contributed by atoms with Gasteiger partial charge in [-0.25, -0.2) is 4.79 Å². The topological polar surface area (TPSA) is 59.6 Å². The largest absolute Gasteiger partial charge is 0.382 e. The van der Waals surface area contributed by atoms with Crippen LogP contribution in [0, 0.1) is 0 Å². The van der Waals surface area contributed by atoms with E-state index in [1.54, 1.807) is 14.2 Å². The van der Waals surface area contributed by atoms with E-state index in [-0.39, 0.29) is 6.03 Å². The van der Waals surface area contributed by atoms with Gasteiger partial charge < -0.3 is 20.1 Å². The number of nitrogens with one attached hydrogen (secondary N) is 2. The van der Waals surface area contributed by atoms with E-state index in [9.17, 15) is 4.79 Å². The van der Waals surface area contributed by atoms with E-state index < -0.39 is 5.60 Å². The van der Waals surface area contributed by atoms with Gasteiger partial charge >= 0.3 is 6.03 Å². The van der Waals surface area contributed by atoms with Crippen LogP contribution in [0.3, 0.4) is 0 Å². The molecule has 124 valence electrons. The molecule has 0 aliphatic rings. The molecule has 0 saturated carbocycles. The summed E-state index contributed by atoms with van der Waals surface area (Å²) in [5, 5.41) is 8.02. The van der Waals surface area contributed by atoms with Crippen LogP contribution in [0.5, 0.6) is 0 Å². The first-order valence-corrected chi connectivity index (χ1v) is 7.60. The van der Waals surface area contributed by atoms with E-state index in [2.05, 4.69) is 28.8 Å². The summed E-state index contributed by atoms with van der Waals surface area (Å²) in [6, 6.07) is 14.0. The van der Waals surface area contributed by atoms with Gasteiger partial charge in [0.15, 0.2) is 0 Å². The number of ether oxygens (including phenoxy) is 2. The predicted molar refractivity (Wildman–Crippen MR) is 91.5 cm³/mol. The highest BCUT2D eigenvalue weighted by Gasteiger charge is 2.24. The first kappa shape index (κ1) is 17.2. The number of hydrogen-bond donors (Lipinski definition) is 2. The lowest BCUT2D eigenvalue weighted by Gasteiger charge is -2.27. The molecule has 5 nitrogen and oxygen atoms in total. The number of benzene rings is 2. The van der Waals surface area contributed by atoms with Gasteiger partial charge in [-0.15, -0.1) is 0 Å². The first-order valence-electron chi connectivity index (χ1n) is 7.60. The van der Waals surface area contributed by atoms with Crippen LogP contribution < -0.4 is 10.6 Å². The molecule has 0 aromatic heterocycles. The quantitative estimate of drug-likeness (QED) is 0.825. The molecular weight excluding hydrogens is 292 g/mol. The number of fused-ring (bicyclic) bond motifs is 1. The standard InChI is InChI=1S/C18H24N2O3/c1-18(23-3,13-22-2)12-20-17(21)19-11-15-9-6-8-14-7-4-5-10-16(14)15/h4-10H,11-13H2,1-3H3,(H2,19,20,21). The Morgan fingerprint density at radius 2 is 1.83 bits per heavy atom. The molecule has 1 unspecified atom stereocenters. The smallest absolute Gasteiger partial charge is 0.315 e. The van der Waals surface area contributed by atoms with Crippen LogP contribution >= 0.6 is 0 Å². The lowest BCUT2D eigenvalue weighted by atomic mass is 10.0. The van der Waals surface area contributed by atoms with Crippen LogP contribution in [0.2, 0.25) is 0 Å². The Labute approximate surface area is 137 Å². The average Bonchev–Trinajstić information content (AvgIpc) is 2.58. The zero-order valence-corrected chi connectivity index (χ0v) is 13.9. The molecule has 0 aliphatic heterocycles. The number of carbonyl (C=O) groups is 1. The van der Waals surface area contributed by atoms with E-state index in [1.807, 2.05) is 31.2 Å². The molecular formula is C18H24N2O3. The highest BCUT2D eigenvalue weighted by Crippen LogP contribution is 2.18. The highest BCUT2D eigenvalue weighted by atomic mass is 16.5. The van der Waals surface area contributed by atoms with Gasteiger partial charge in [0.25, 0.3) is 0 Å². The molecule has 0 saturated heterocycles. The van der Waals surface area contributed by atoms with E-state index in [0.29, 0.717) is 19.7 Å². The van der Waals surface area contributed by atoms with E-state index in [1.165, 1.54) is 5.39 Å². The minimum absolute atomic E-state index is 0.225. The van der Waals surface area contributed by atoms with Crippen molar-refractivity contribution in [2.24, 2.45) is 0 Å². The number of methoxy groups -OCH3 is 2. The normalized spacial score (nSPS) is 13.5. The van der Waals surface area contributed by atoms with Gasteiger partial charge in [-0.3, -0.25) is 0 Å². The molecule has 0 heterocycles. The minimum atomic E-state index is -0.536. The second kappa shape index (κ2) is 7.94. The van der Waals surface area contributed by atoms with Crippen molar-refractivity contribution in [3.8, 4) is 0 Å². The molecule has 2 aromatic rings. The number of carbonyl (C=O) groups excluding carboxylic acids is 1. The zero-order chi connectivity index (χ0) is 16.7. The molecule has 23 heavy (non-hydrogen) atoms.